The molecule has 1 aliphatic rings. The van der Waals surface area contributed by atoms with Gasteiger partial charge in [-0.2, -0.15) is 0 Å². The molecule has 0 saturated heterocycles. The van der Waals surface area contributed by atoms with Crippen LogP contribution in [0.5, 0.6) is 0 Å². The van der Waals surface area contributed by atoms with Crippen LogP contribution in [0.25, 0.3) is 0 Å². The van der Waals surface area contributed by atoms with E-state index in [9.17, 15) is 0 Å². The Morgan fingerprint density at radius 1 is 1.50 bits per heavy atom. The summed E-state index contributed by atoms with van der Waals surface area (Å²) in [6.45, 7) is 5.53. The number of rotatable bonds is 3. The molecule has 16 heavy (non-hydrogen) atoms. The molecule has 0 amide bonds. The Kier molecular flexibility index (Phi) is 3.44. The molecule has 0 aliphatic heterocycles. The normalized spacial score (nSPS) is 29.5. The molecule has 1 aliphatic carbocycles. The lowest BCUT2D eigenvalue weighted by atomic mass is 9.89. The van der Waals surface area contributed by atoms with Crippen molar-refractivity contribution in [3.63, 3.8) is 0 Å². The molecule has 1 heterocycles. The molecular weight excluding hydrogens is 198 g/mol. The Bertz CT molecular complexity index is 351. The highest BCUT2D eigenvalue weighted by Gasteiger charge is 2.33. The van der Waals surface area contributed by atoms with Crippen LogP contribution in [-0.4, -0.2) is 17.6 Å². The van der Waals surface area contributed by atoms with Crippen LogP contribution in [-0.2, 0) is 0 Å². The van der Waals surface area contributed by atoms with Gasteiger partial charge in [-0.05, 0) is 42.9 Å². The average molecular weight is 219 g/mol. The third kappa shape index (κ3) is 2.05. The van der Waals surface area contributed by atoms with Crippen molar-refractivity contribution in [2.24, 2.45) is 5.92 Å². The quantitative estimate of drug-likeness (QED) is 0.819. The van der Waals surface area contributed by atoms with Crippen LogP contribution in [0.15, 0.2) is 18.5 Å². The predicted octanol–water partition coefficient (Wildman–Crippen LogP) is 2.16. The minimum atomic E-state index is 0.567. The van der Waals surface area contributed by atoms with Gasteiger partial charge in [0.1, 0.15) is 0 Å². The zero-order valence-corrected chi connectivity index (χ0v) is 10.1. The Balaban J connectivity index is 2.15. The van der Waals surface area contributed by atoms with Crippen LogP contribution in [0.3, 0.4) is 0 Å². The van der Waals surface area contributed by atoms with Crippen molar-refractivity contribution in [2.45, 2.75) is 38.6 Å². The van der Waals surface area contributed by atoms with E-state index in [0.717, 1.165) is 12.2 Å². The summed E-state index contributed by atoms with van der Waals surface area (Å²) in [5, 5.41) is 3.55. The van der Waals surface area contributed by atoms with Crippen molar-refractivity contribution >= 4 is 5.69 Å². The Morgan fingerprint density at radius 3 is 3.00 bits per heavy atom. The van der Waals surface area contributed by atoms with Gasteiger partial charge in [0.05, 0.1) is 0 Å². The molecule has 0 spiro atoms. The fraction of sp³-hybridized carbons (Fsp3) is 0.615. The number of nitrogens with two attached hydrogens (primary N) is 1. The maximum absolute atomic E-state index is 6.02. The highest BCUT2D eigenvalue weighted by molar-refractivity contribution is 5.47. The SMILES string of the molecule is CCNC1CCC(c2cnccc2N)C1C. The van der Waals surface area contributed by atoms with Crippen LogP contribution >= 0.6 is 0 Å². The first-order valence-corrected chi connectivity index (χ1v) is 6.16. The first-order valence-electron chi connectivity index (χ1n) is 6.16. The maximum Gasteiger partial charge on any atom is 0.0380 e. The van der Waals surface area contributed by atoms with E-state index in [1.807, 2.05) is 12.3 Å². The molecule has 3 atom stereocenters. The van der Waals surface area contributed by atoms with E-state index in [4.69, 9.17) is 5.73 Å². The number of anilines is 1. The molecule has 3 unspecified atom stereocenters. The minimum Gasteiger partial charge on any atom is -0.398 e. The van der Waals surface area contributed by atoms with Crippen molar-refractivity contribution in [3.05, 3.63) is 24.0 Å². The van der Waals surface area contributed by atoms with Gasteiger partial charge in [-0.15, -0.1) is 0 Å². The van der Waals surface area contributed by atoms with E-state index in [2.05, 4.69) is 24.1 Å². The molecule has 88 valence electrons. The summed E-state index contributed by atoms with van der Waals surface area (Å²) in [7, 11) is 0. The summed E-state index contributed by atoms with van der Waals surface area (Å²) in [5.41, 5.74) is 8.15. The zero-order chi connectivity index (χ0) is 11.5. The summed E-state index contributed by atoms with van der Waals surface area (Å²) in [5.74, 6) is 1.21. The van der Waals surface area contributed by atoms with Crippen molar-refractivity contribution in [1.82, 2.24) is 10.3 Å². The first-order chi connectivity index (χ1) is 7.74. The molecule has 1 saturated carbocycles. The molecule has 1 aromatic heterocycles. The van der Waals surface area contributed by atoms with Crippen molar-refractivity contribution < 1.29 is 0 Å². The molecule has 3 heteroatoms. The summed E-state index contributed by atoms with van der Waals surface area (Å²) < 4.78 is 0. The molecule has 1 aromatic rings. The van der Waals surface area contributed by atoms with Crippen LogP contribution in [0.1, 0.15) is 38.2 Å². The van der Waals surface area contributed by atoms with Gasteiger partial charge in [0.2, 0.25) is 0 Å². The number of nitrogen functional groups attached to an aromatic ring is 1. The van der Waals surface area contributed by atoms with Gasteiger partial charge >= 0.3 is 0 Å². The molecule has 0 bridgehead atoms. The smallest absolute Gasteiger partial charge is 0.0380 e. The van der Waals surface area contributed by atoms with Crippen LogP contribution < -0.4 is 11.1 Å². The molecule has 3 nitrogen and oxygen atoms in total. The first kappa shape index (κ1) is 11.4. The van der Waals surface area contributed by atoms with Gasteiger partial charge in [0.25, 0.3) is 0 Å². The lowest BCUT2D eigenvalue weighted by molar-refractivity contribution is 0.412. The standard InChI is InChI=1S/C13H21N3/c1-3-16-13-5-4-10(9(13)2)11-8-15-7-6-12(11)14/h6-10,13,16H,3-5H2,1-2H3,(H2,14,15). The van der Waals surface area contributed by atoms with E-state index in [1.165, 1.54) is 18.4 Å². The molecule has 1 fully saturated rings. The van der Waals surface area contributed by atoms with Crippen LogP contribution in [0.2, 0.25) is 0 Å². The fourth-order valence-electron chi connectivity index (χ4n) is 2.88. The Hall–Kier alpha value is -1.09. The van der Waals surface area contributed by atoms with Crippen LogP contribution in [0, 0.1) is 5.92 Å². The molecule has 3 N–H and O–H groups in total. The third-order valence-electron chi connectivity index (χ3n) is 3.81. The van der Waals surface area contributed by atoms with E-state index in [1.54, 1.807) is 6.20 Å². The number of nitrogens with zero attached hydrogens (tertiary/aromatic N) is 1. The summed E-state index contributed by atoms with van der Waals surface area (Å²) in [6, 6.07) is 2.54. The second kappa shape index (κ2) is 4.83. The monoisotopic (exact) mass is 219 g/mol. The van der Waals surface area contributed by atoms with Crippen LogP contribution in [0.4, 0.5) is 5.69 Å². The highest BCUT2D eigenvalue weighted by atomic mass is 14.9. The number of nitrogens with one attached hydrogen (secondary N) is 1. The van der Waals surface area contributed by atoms with Gasteiger partial charge < -0.3 is 11.1 Å². The maximum atomic E-state index is 6.02. The summed E-state index contributed by atoms with van der Waals surface area (Å²) in [4.78, 5) is 4.20. The van der Waals surface area contributed by atoms with Gasteiger partial charge in [0.15, 0.2) is 0 Å². The zero-order valence-electron chi connectivity index (χ0n) is 10.1. The lowest BCUT2D eigenvalue weighted by Crippen LogP contribution is -2.32. The lowest BCUT2D eigenvalue weighted by Gasteiger charge is -2.22. The van der Waals surface area contributed by atoms with E-state index in [-0.39, 0.29) is 0 Å². The van der Waals surface area contributed by atoms with Gasteiger partial charge in [-0.3, -0.25) is 4.98 Å². The number of hydrogen-bond donors (Lipinski definition) is 2. The third-order valence-corrected chi connectivity index (χ3v) is 3.81. The van der Waals surface area contributed by atoms with E-state index >= 15 is 0 Å². The van der Waals surface area contributed by atoms with Crippen molar-refractivity contribution in [1.29, 1.82) is 0 Å². The van der Waals surface area contributed by atoms with E-state index < -0.39 is 0 Å². The second-order valence-electron chi connectivity index (χ2n) is 4.71. The fourth-order valence-corrected chi connectivity index (χ4v) is 2.88. The second-order valence-corrected chi connectivity index (χ2v) is 4.71. The summed E-state index contributed by atoms with van der Waals surface area (Å²) in [6.07, 6.45) is 6.16. The highest BCUT2D eigenvalue weighted by Crippen LogP contribution is 2.41. The number of hydrogen-bond acceptors (Lipinski definition) is 3. The van der Waals surface area contributed by atoms with Crippen molar-refractivity contribution in [3.8, 4) is 0 Å². The molecule has 0 radical (unpaired) electrons. The largest absolute Gasteiger partial charge is 0.398 e. The van der Waals surface area contributed by atoms with Crippen molar-refractivity contribution in [2.75, 3.05) is 12.3 Å². The topological polar surface area (TPSA) is 50.9 Å². The van der Waals surface area contributed by atoms with Gasteiger partial charge in [-0.1, -0.05) is 13.8 Å². The molecule has 0 aromatic carbocycles. The average Bonchev–Trinajstić information content (AvgIpc) is 2.62. The van der Waals surface area contributed by atoms with Gasteiger partial charge in [-0.25, -0.2) is 0 Å². The summed E-state index contributed by atoms with van der Waals surface area (Å²) >= 11 is 0. The minimum absolute atomic E-state index is 0.567. The van der Waals surface area contributed by atoms with E-state index in [0.29, 0.717) is 17.9 Å². The Morgan fingerprint density at radius 2 is 2.31 bits per heavy atom. The molecular formula is C13H21N3. The van der Waals surface area contributed by atoms with Gasteiger partial charge in [0, 0.05) is 24.1 Å². The number of pyridine rings is 1. The molecule has 2 rings (SSSR count). The Labute approximate surface area is 97.5 Å². The number of aromatic nitrogens is 1. The predicted molar refractivity (Wildman–Crippen MR) is 67.3 cm³/mol.